The second-order valence-corrected chi connectivity index (χ2v) is 4.39. The maximum absolute atomic E-state index is 9.83. The van der Waals surface area contributed by atoms with Crippen LogP contribution in [-0.4, -0.2) is 16.8 Å². The van der Waals surface area contributed by atoms with E-state index >= 15 is 0 Å². The Morgan fingerprint density at radius 2 is 1.87 bits per heavy atom. The highest BCUT2D eigenvalue weighted by Crippen LogP contribution is 2.44. The predicted octanol–water partition coefficient (Wildman–Crippen LogP) is 1.87. The van der Waals surface area contributed by atoms with Crippen LogP contribution in [0.3, 0.4) is 0 Å². The van der Waals surface area contributed by atoms with Crippen molar-refractivity contribution in [2.45, 2.75) is 31.1 Å². The molecule has 1 aromatic rings. The molecule has 1 saturated carbocycles. The Hall–Kier alpha value is -1.22. The van der Waals surface area contributed by atoms with Crippen LogP contribution >= 0.6 is 0 Å². The number of phenols is 2. The third-order valence-electron chi connectivity index (χ3n) is 3.50. The highest BCUT2D eigenvalue weighted by molar-refractivity contribution is 5.44. The van der Waals surface area contributed by atoms with Gasteiger partial charge in [0.15, 0.2) is 0 Å². The van der Waals surface area contributed by atoms with Crippen LogP contribution in [0.15, 0.2) is 18.2 Å². The van der Waals surface area contributed by atoms with E-state index in [2.05, 4.69) is 0 Å². The Bertz CT molecular complexity index is 357. The molecule has 0 amide bonds. The maximum Gasteiger partial charge on any atom is 0.119 e. The molecule has 1 aliphatic carbocycles. The molecule has 0 aliphatic heterocycles. The van der Waals surface area contributed by atoms with Gasteiger partial charge in [0.1, 0.15) is 11.5 Å². The van der Waals surface area contributed by atoms with E-state index in [4.69, 9.17) is 5.73 Å². The summed E-state index contributed by atoms with van der Waals surface area (Å²) in [6, 6.07) is 4.69. The summed E-state index contributed by atoms with van der Waals surface area (Å²) in [6.45, 7) is 0.532. The van der Waals surface area contributed by atoms with Gasteiger partial charge in [-0.3, -0.25) is 0 Å². The van der Waals surface area contributed by atoms with Crippen LogP contribution in [0, 0.1) is 0 Å². The first kappa shape index (κ1) is 10.3. The van der Waals surface area contributed by atoms with Gasteiger partial charge in [-0.2, -0.15) is 0 Å². The molecule has 0 unspecified atom stereocenters. The minimum Gasteiger partial charge on any atom is -0.508 e. The number of benzene rings is 1. The zero-order chi connectivity index (χ0) is 10.9. The summed E-state index contributed by atoms with van der Waals surface area (Å²) in [5, 5.41) is 19.3. The number of rotatable bonds is 2. The molecule has 0 saturated heterocycles. The Balaban J connectivity index is 2.46. The molecule has 0 aromatic heterocycles. The van der Waals surface area contributed by atoms with Crippen LogP contribution in [0.4, 0.5) is 0 Å². The Morgan fingerprint density at radius 3 is 2.47 bits per heavy atom. The molecule has 3 nitrogen and oxygen atoms in total. The smallest absolute Gasteiger partial charge is 0.119 e. The van der Waals surface area contributed by atoms with Gasteiger partial charge in [0.2, 0.25) is 0 Å². The molecule has 1 fully saturated rings. The summed E-state index contributed by atoms with van der Waals surface area (Å²) in [5.41, 5.74) is 6.51. The lowest BCUT2D eigenvalue weighted by atomic mass is 9.78. The maximum atomic E-state index is 9.83. The van der Waals surface area contributed by atoms with Crippen LogP contribution in [0.2, 0.25) is 0 Å². The van der Waals surface area contributed by atoms with E-state index in [1.165, 1.54) is 6.07 Å². The van der Waals surface area contributed by atoms with Crippen molar-refractivity contribution in [1.82, 2.24) is 0 Å². The fourth-order valence-electron chi connectivity index (χ4n) is 2.58. The summed E-state index contributed by atoms with van der Waals surface area (Å²) in [7, 11) is 0. The average molecular weight is 207 g/mol. The van der Waals surface area contributed by atoms with Gasteiger partial charge in [-0.15, -0.1) is 0 Å². The Morgan fingerprint density at radius 1 is 1.20 bits per heavy atom. The Kier molecular flexibility index (Phi) is 2.57. The van der Waals surface area contributed by atoms with Gasteiger partial charge in [-0.25, -0.2) is 0 Å². The molecular weight excluding hydrogens is 190 g/mol. The van der Waals surface area contributed by atoms with Crippen molar-refractivity contribution in [2.75, 3.05) is 6.54 Å². The highest BCUT2D eigenvalue weighted by Gasteiger charge is 2.36. The monoisotopic (exact) mass is 207 g/mol. The fourth-order valence-corrected chi connectivity index (χ4v) is 2.58. The van der Waals surface area contributed by atoms with Crippen molar-refractivity contribution in [1.29, 1.82) is 0 Å². The van der Waals surface area contributed by atoms with Crippen molar-refractivity contribution in [2.24, 2.45) is 5.73 Å². The third kappa shape index (κ3) is 1.67. The van der Waals surface area contributed by atoms with Crippen LogP contribution in [0.5, 0.6) is 11.5 Å². The lowest BCUT2D eigenvalue weighted by Gasteiger charge is -2.28. The molecule has 0 bridgehead atoms. The molecule has 1 aromatic carbocycles. The molecule has 4 N–H and O–H groups in total. The van der Waals surface area contributed by atoms with Crippen molar-refractivity contribution in [3.05, 3.63) is 23.8 Å². The first-order valence-corrected chi connectivity index (χ1v) is 5.40. The largest absolute Gasteiger partial charge is 0.508 e. The zero-order valence-electron chi connectivity index (χ0n) is 8.74. The van der Waals surface area contributed by atoms with Crippen molar-refractivity contribution in [3.8, 4) is 11.5 Å². The Labute approximate surface area is 89.5 Å². The van der Waals surface area contributed by atoms with Gasteiger partial charge in [0.25, 0.3) is 0 Å². The van der Waals surface area contributed by atoms with Gasteiger partial charge in [0.05, 0.1) is 0 Å². The SMILES string of the molecule is NCC1(c2cc(O)ccc2O)CCCC1. The lowest BCUT2D eigenvalue weighted by Crippen LogP contribution is -2.32. The summed E-state index contributed by atoms with van der Waals surface area (Å²) in [4.78, 5) is 0. The summed E-state index contributed by atoms with van der Waals surface area (Å²) in [6.07, 6.45) is 4.29. The quantitative estimate of drug-likeness (QED) is 0.648. The lowest BCUT2D eigenvalue weighted by molar-refractivity contribution is 0.399. The molecule has 0 heterocycles. The predicted molar refractivity (Wildman–Crippen MR) is 59.0 cm³/mol. The first-order chi connectivity index (χ1) is 7.18. The van der Waals surface area contributed by atoms with E-state index in [1.54, 1.807) is 12.1 Å². The van der Waals surface area contributed by atoms with Gasteiger partial charge >= 0.3 is 0 Å². The second kappa shape index (κ2) is 3.74. The fraction of sp³-hybridized carbons (Fsp3) is 0.500. The van der Waals surface area contributed by atoms with E-state index in [0.717, 1.165) is 31.2 Å². The minimum absolute atomic E-state index is 0.122. The number of nitrogens with two attached hydrogens (primary N) is 1. The van der Waals surface area contributed by atoms with Gasteiger partial charge in [-0.1, -0.05) is 12.8 Å². The highest BCUT2D eigenvalue weighted by atomic mass is 16.3. The summed E-state index contributed by atoms with van der Waals surface area (Å²) >= 11 is 0. The summed E-state index contributed by atoms with van der Waals surface area (Å²) in [5.74, 6) is 0.447. The standard InChI is InChI=1S/C12H17NO2/c13-8-12(5-1-2-6-12)10-7-9(14)3-4-11(10)15/h3-4,7,14-15H,1-2,5-6,8,13H2. The molecule has 3 heteroatoms. The van der Waals surface area contributed by atoms with Crippen molar-refractivity contribution in [3.63, 3.8) is 0 Å². The van der Waals surface area contributed by atoms with E-state index in [1.807, 2.05) is 0 Å². The van der Waals surface area contributed by atoms with Crippen LogP contribution < -0.4 is 5.73 Å². The van der Waals surface area contributed by atoms with E-state index < -0.39 is 0 Å². The topological polar surface area (TPSA) is 66.5 Å². The molecule has 15 heavy (non-hydrogen) atoms. The number of phenolic OH excluding ortho intramolecular Hbond substituents is 2. The molecule has 1 aliphatic rings. The molecule has 82 valence electrons. The van der Waals surface area contributed by atoms with Crippen LogP contribution in [0.25, 0.3) is 0 Å². The first-order valence-electron chi connectivity index (χ1n) is 5.40. The minimum atomic E-state index is -0.122. The molecule has 0 spiro atoms. The van der Waals surface area contributed by atoms with E-state index in [-0.39, 0.29) is 16.9 Å². The van der Waals surface area contributed by atoms with Crippen LogP contribution in [-0.2, 0) is 5.41 Å². The molecular formula is C12H17NO2. The molecule has 2 rings (SSSR count). The van der Waals surface area contributed by atoms with Crippen molar-refractivity contribution < 1.29 is 10.2 Å². The van der Waals surface area contributed by atoms with Gasteiger partial charge in [0, 0.05) is 17.5 Å². The average Bonchev–Trinajstić information content (AvgIpc) is 2.71. The number of hydrogen-bond donors (Lipinski definition) is 3. The van der Waals surface area contributed by atoms with Gasteiger partial charge < -0.3 is 15.9 Å². The molecule has 0 atom stereocenters. The second-order valence-electron chi connectivity index (χ2n) is 4.39. The number of hydrogen-bond acceptors (Lipinski definition) is 3. The zero-order valence-corrected chi connectivity index (χ0v) is 8.74. The van der Waals surface area contributed by atoms with E-state index in [9.17, 15) is 10.2 Å². The molecule has 0 radical (unpaired) electrons. The number of aromatic hydroxyl groups is 2. The third-order valence-corrected chi connectivity index (χ3v) is 3.50. The van der Waals surface area contributed by atoms with Crippen molar-refractivity contribution >= 4 is 0 Å². The summed E-state index contributed by atoms with van der Waals surface area (Å²) < 4.78 is 0. The normalized spacial score (nSPS) is 19.3. The van der Waals surface area contributed by atoms with Gasteiger partial charge in [-0.05, 0) is 31.0 Å². The van der Waals surface area contributed by atoms with E-state index in [0.29, 0.717) is 6.54 Å². The van der Waals surface area contributed by atoms with Crippen LogP contribution in [0.1, 0.15) is 31.2 Å².